The zero-order valence-corrected chi connectivity index (χ0v) is 8.87. The quantitative estimate of drug-likeness (QED) is 0.454. The Morgan fingerprint density at radius 2 is 2.13 bits per heavy atom. The molecule has 80 valence electrons. The van der Waals surface area contributed by atoms with Crippen molar-refractivity contribution >= 4 is 23.1 Å². The van der Waals surface area contributed by atoms with Crippen molar-refractivity contribution in [3.8, 4) is 5.75 Å². The summed E-state index contributed by atoms with van der Waals surface area (Å²) in [5, 5.41) is 10.5. The summed E-state index contributed by atoms with van der Waals surface area (Å²) < 4.78 is 4.84. The molecule has 0 saturated carbocycles. The molecule has 0 aromatic heterocycles. The molecule has 0 atom stereocenters. The van der Waals surface area contributed by atoms with Crippen molar-refractivity contribution < 1.29 is 14.5 Å². The van der Waals surface area contributed by atoms with Crippen LogP contribution < -0.4 is 4.74 Å². The Balaban J connectivity index is 3.45. The van der Waals surface area contributed by atoms with Crippen LogP contribution in [-0.2, 0) is 0 Å². The Morgan fingerprint density at radius 3 is 2.53 bits per heavy atom. The summed E-state index contributed by atoms with van der Waals surface area (Å²) in [6.45, 7) is 1.31. The van der Waals surface area contributed by atoms with Gasteiger partial charge in [-0.2, -0.15) is 0 Å². The molecule has 15 heavy (non-hydrogen) atoms. The van der Waals surface area contributed by atoms with Gasteiger partial charge in [-0.25, -0.2) is 0 Å². The van der Waals surface area contributed by atoms with Crippen LogP contribution in [-0.4, -0.2) is 17.8 Å². The van der Waals surface area contributed by atoms with E-state index in [0.717, 1.165) is 6.07 Å². The predicted molar refractivity (Wildman–Crippen MR) is 54.7 cm³/mol. The van der Waals surface area contributed by atoms with E-state index in [1.807, 2.05) is 0 Å². The summed E-state index contributed by atoms with van der Waals surface area (Å²) in [5.41, 5.74) is -0.135. The number of nitro benzene ring substituents is 1. The molecular formula is C9H8ClNO4. The fourth-order valence-corrected chi connectivity index (χ4v) is 1.32. The van der Waals surface area contributed by atoms with Crippen molar-refractivity contribution in [2.24, 2.45) is 0 Å². The van der Waals surface area contributed by atoms with Crippen molar-refractivity contribution in [2.75, 3.05) is 7.11 Å². The van der Waals surface area contributed by atoms with Crippen molar-refractivity contribution in [3.63, 3.8) is 0 Å². The van der Waals surface area contributed by atoms with Gasteiger partial charge < -0.3 is 4.74 Å². The number of nitro groups is 1. The largest absolute Gasteiger partial charge is 0.495 e. The number of nitrogens with zero attached hydrogens (tertiary/aromatic N) is 1. The van der Waals surface area contributed by atoms with Crippen LogP contribution in [0.4, 0.5) is 5.69 Å². The van der Waals surface area contributed by atoms with E-state index < -0.39 is 4.92 Å². The van der Waals surface area contributed by atoms with Crippen LogP contribution in [0, 0.1) is 10.1 Å². The molecule has 0 aliphatic rings. The molecule has 0 aliphatic carbocycles. The summed E-state index contributed by atoms with van der Waals surface area (Å²) in [4.78, 5) is 21.0. The summed E-state index contributed by atoms with van der Waals surface area (Å²) in [7, 11) is 1.33. The van der Waals surface area contributed by atoms with Crippen LogP contribution in [0.25, 0.3) is 0 Å². The first kappa shape index (κ1) is 11.5. The zero-order valence-electron chi connectivity index (χ0n) is 8.11. The molecule has 1 rings (SSSR count). The van der Waals surface area contributed by atoms with Crippen LogP contribution in [0.15, 0.2) is 12.1 Å². The van der Waals surface area contributed by atoms with E-state index in [-0.39, 0.29) is 27.8 Å². The number of Topliss-reactive ketones (excluding diaryl/α,β-unsaturated/α-hetero) is 1. The van der Waals surface area contributed by atoms with Crippen LogP contribution in [0.1, 0.15) is 17.3 Å². The number of methoxy groups -OCH3 is 1. The average molecular weight is 230 g/mol. The minimum absolute atomic E-state index is 0.104. The molecule has 1 aromatic carbocycles. The molecule has 0 heterocycles. The van der Waals surface area contributed by atoms with Gasteiger partial charge in [0.1, 0.15) is 5.75 Å². The first-order valence-corrected chi connectivity index (χ1v) is 4.38. The van der Waals surface area contributed by atoms with E-state index in [9.17, 15) is 14.9 Å². The summed E-state index contributed by atoms with van der Waals surface area (Å²) in [6.07, 6.45) is 0. The van der Waals surface area contributed by atoms with Crippen LogP contribution in [0.3, 0.4) is 0 Å². The summed E-state index contributed by atoms with van der Waals surface area (Å²) in [6, 6.07) is 2.50. The Labute approximate surface area is 90.8 Å². The standard InChI is InChI=1S/C9H8ClNO4/c1-5(12)6-3-7(11(13)14)9(10)8(4-6)15-2/h3-4H,1-2H3. The van der Waals surface area contributed by atoms with Gasteiger partial charge in [-0.3, -0.25) is 14.9 Å². The first-order chi connectivity index (χ1) is 6.97. The number of ketones is 1. The van der Waals surface area contributed by atoms with E-state index in [1.54, 1.807) is 0 Å². The molecule has 0 radical (unpaired) electrons. The second-order valence-corrected chi connectivity index (χ2v) is 3.20. The molecule has 0 N–H and O–H groups in total. The number of carbonyl (C=O) groups is 1. The molecular weight excluding hydrogens is 222 g/mol. The van der Waals surface area contributed by atoms with Crippen molar-refractivity contribution in [1.82, 2.24) is 0 Å². The lowest BCUT2D eigenvalue weighted by molar-refractivity contribution is -0.384. The monoisotopic (exact) mass is 229 g/mol. The lowest BCUT2D eigenvalue weighted by Crippen LogP contribution is -1.98. The van der Waals surface area contributed by atoms with Gasteiger partial charge in [0, 0.05) is 11.6 Å². The first-order valence-electron chi connectivity index (χ1n) is 4.00. The molecule has 0 saturated heterocycles. The SMILES string of the molecule is COc1cc(C(C)=O)cc([N+](=O)[O-])c1Cl. The fourth-order valence-electron chi connectivity index (χ4n) is 1.07. The normalized spacial score (nSPS) is 9.80. The third-order valence-corrected chi connectivity index (χ3v) is 2.22. The smallest absolute Gasteiger partial charge is 0.292 e. The molecule has 6 heteroatoms. The lowest BCUT2D eigenvalue weighted by atomic mass is 10.1. The molecule has 5 nitrogen and oxygen atoms in total. The van der Waals surface area contributed by atoms with Gasteiger partial charge in [0.25, 0.3) is 5.69 Å². The van der Waals surface area contributed by atoms with Crippen LogP contribution in [0.2, 0.25) is 5.02 Å². The minimum Gasteiger partial charge on any atom is -0.495 e. The Bertz CT molecular complexity index is 430. The van der Waals surface area contributed by atoms with Gasteiger partial charge in [-0.1, -0.05) is 11.6 Å². The van der Waals surface area contributed by atoms with Gasteiger partial charge >= 0.3 is 0 Å². The van der Waals surface area contributed by atoms with E-state index in [1.165, 1.54) is 20.1 Å². The van der Waals surface area contributed by atoms with Crippen LogP contribution >= 0.6 is 11.6 Å². The maximum atomic E-state index is 11.1. The number of halogens is 1. The number of carbonyl (C=O) groups excluding carboxylic acids is 1. The fraction of sp³-hybridized carbons (Fsp3) is 0.222. The van der Waals surface area contributed by atoms with Gasteiger partial charge in [0.05, 0.1) is 12.0 Å². The minimum atomic E-state index is -0.655. The Hall–Kier alpha value is -1.62. The molecule has 1 aromatic rings. The van der Waals surface area contributed by atoms with E-state index in [0.29, 0.717) is 0 Å². The van der Waals surface area contributed by atoms with Gasteiger partial charge in [-0.05, 0) is 13.0 Å². The molecule has 0 aliphatic heterocycles. The average Bonchev–Trinajstić information content (AvgIpc) is 2.17. The number of rotatable bonds is 3. The Kier molecular flexibility index (Phi) is 3.26. The number of hydrogen-bond donors (Lipinski definition) is 0. The molecule has 0 amide bonds. The zero-order chi connectivity index (χ0) is 11.6. The van der Waals surface area contributed by atoms with Crippen molar-refractivity contribution in [3.05, 3.63) is 32.8 Å². The third-order valence-electron chi connectivity index (χ3n) is 1.84. The van der Waals surface area contributed by atoms with Crippen molar-refractivity contribution in [1.29, 1.82) is 0 Å². The molecule has 0 fully saturated rings. The highest BCUT2D eigenvalue weighted by Crippen LogP contribution is 2.35. The van der Waals surface area contributed by atoms with E-state index in [4.69, 9.17) is 16.3 Å². The van der Waals surface area contributed by atoms with Gasteiger partial charge in [0.2, 0.25) is 0 Å². The van der Waals surface area contributed by atoms with Gasteiger partial charge in [-0.15, -0.1) is 0 Å². The van der Waals surface area contributed by atoms with E-state index in [2.05, 4.69) is 0 Å². The highest BCUT2D eigenvalue weighted by molar-refractivity contribution is 6.34. The predicted octanol–water partition coefficient (Wildman–Crippen LogP) is 2.46. The second kappa shape index (κ2) is 4.27. The number of hydrogen-bond acceptors (Lipinski definition) is 4. The highest BCUT2D eigenvalue weighted by Gasteiger charge is 2.19. The van der Waals surface area contributed by atoms with Crippen LogP contribution in [0.5, 0.6) is 5.75 Å². The number of ether oxygens (including phenoxy) is 1. The molecule has 0 unspecified atom stereocenters. The third kappa shape index (κ3) is 2.24. The topological polar surface area (TPSA) is 69.4 Å². The summed E-state index contributed by atoms with van der Waals surface area (Å²) >= 11 is 5.70. The highest BCUT2D eigenvalue weighted by atomic mass is 35.5. The van der Waals surface area contributed by atoms with Crippen molar-refractivity contribution in [2.45, 2.75) is 6.92 Å². The van der Waals surface area contributed by atoms with E-state index >= 15 is 0 Å². The Morgan fingerprint density at radius 1 is 1.53 bits per heavy atom. The number of benzene rings is 1. The molecule has 0 bridgehead atoms. The summed E-state index contributed by atoms with van der Waals surface area (Å²) in [5.74, 6) is -0.163. The maximum absolute atomic E-state index is 11.1. The van der Waals surface area contributed by atoms with Gasteiger partial charge in [0.15, 0.2) is 10.8 Å². The maximum Gasteiger partial charge on any atom is 0.292 e. The lowest BCUT2D eigenvalue weighted by Gasteiger charge is -2.05. The second-order valence-electron chi connectivity index (χ2n) is 2.82. The molecule has 0 spiro atoms.